The predicted molar refractivity (Wildman–Crippen MR) is 39.4 cm³/mol. The Balaban J connectivity index is 3.47. The van der Waals surface area contributed by atoms with E-state index >= 15 is 0 Å². The molecule has 0 saturated carbocycles. The van der Waals surface area contributed by atoms with E-state index < -0.39 is 0 Å². The quantitative estimate of drug-likeness (QED) is 0.579. The Morgan fingerprint density at radius 1 is 1.44 bits per heavy atom. The molecule has 0 aromatic carbocycles. The number of rotatable bonds is 2. The molecule has 2 heteroatoms. The second-order valence-electron chi connectivity index (χ2n) is 3.48. The molecule has 9 heavy (non-hydrogen) atoms. The first-order chi connectivity index (χ1) is 3.95. The van der Waals surface area contributed by atoms with Gasteiger partial charge in [-0.1, -0.05) is 0 Å². The monoisotopic (exact) mass is 131 g/mol. The lowest BCUT2D eigenvalue weighted by molar-refractivity contribution is 0.225. The third kappa shape index (κ3) is 5.80. The van der Waals surface area contributed by atoms with Crippen LogP contribution < -0.4 is 5.32 Å². The molecule has 2 nitrogen and oxygen atoms in total. The second-order valence-corrected chi connectivity index (χ2v) is 3.48. The summed E-state index contributed by atoms with van der Waals surface area (Å²) in [5.41, 5.74) is 0.113. The van der Waals surface area contributed by atoms with Gasteiger partial charge in [0.15, 0.2) is 0 Å². The van der Waals surface area contributed by atoms with E-state index in [2.05, 4.69) is 26.1 Å². The van der Waals surface area contributed by atoms with Crippen LogP contribution in [0, 0.1) is 0 Å². The van der Waals surface area contributed by atoms with Crippen LogP contribution in [0.5, 0.6) is 0 Å². The molecule has 0 radical (unpaired) electrons. The minimum atomic E-state index is 0.113. The van der Waals surface area contributed by atoms with E-state index in [0.29, 0.717) is 0 Å². The van der Waals surface area contributed by atoms with Crippen molar-refractivity contribution < 1.29 is 5.11 Å². The number of hydrogen-bond acceptors (Lipinski definition) is 2. The first-order valence-electron chi connectivity index (χ1n) is 3.34. The van der Waals surface area contributed by atoms with Gasteiger partial charge in [-0.15, -0.1) is 0 Å². The fourth-order valence-corrected chi connectivity index (χ4v) is 0.785. The zero-order chi connectivity index (χ0) is 7.49. The third-order valence-electron chi connectivity index (χ3n) is 0.953. The Bertz CT molecular complexity index is 75.5. The van der Waals surface area contributed by atoms with E-state index in [9.17, 15) is 0 Å². The van der Waals surface area contributed by atoms with E-state index in [1.807, 2.05) is 6.92 Å². The normalized spacial score (nSPS) is 15.7. The first kappa shape index (κ1) is 8.92. The molecule has 0 heterocycles. The predicted octanol–water partition coefficient (Wildman–Crippen LogP) is 0.755. The van der Waals surface area contributed by atoms with Crippen molar-refractivity contribution in [1.82, 2.24) is 5.32 Å². The molecule has 0 aliphatic carbocycles. The summed E-state index contributed by atoms with van der Waals surface area (Å²) >= 11 is 0. The molecular formula is C7H17NO. The second kappa shape index (κ2) is 3.18. The molecule has 0 aromatic heterocycles. The van der Waals surface area contributed by atoms with Crippen molar-refractivity contribution >= 4 is 0 Å². The number of nitrogens with one attached hydrogen (secondary N) is 1. The van der Waals surface area contributed by atoms with E-state index in [1.165, 1.54) is 0 Å². The van der Waals surface area contributed by atoms with Gasteiger partial charge in [-0.25, -0.2) is 0 Å². The fraction of sp³-hybridized carbons (Fsp3) is 1.00. The number of aliphatic hydroxyl groups is 1. The molecule has 0 fully saturated rings. The van der Waals surface area contributed by atoms with Gasteiger partial charge >= 0.3 is 0 Å². The largest absolute Gasteiger partial charge is 0.395 e. The van der Waals surface area contributed by atoms with Crippen LogP contribution in [0.3, 0.4) is 0 Å². The van der Waals surface area contributed by atoms with Crippen LogP contribution in [0.25, 0.3) is 0 Å². The van der Waals surface area contributed by atoms with Gasteiger partial charge in [-0.05, 0) is 27.7 Å². The van der Waals surface area contributed by atoms with Gasteiger partial charge in [0.05, 0.1) is 6.61 Å². The molecular weight excluding hydrogens is 114 g/mol. The van der Waals surface area contributed by atoms with Crippen LogP contribution in [-0.2, 0) is 0 Å². The summed E-state index contributed by atoms with van der Waals surface area (Å²) in [6, 6.07) is 0.199. The maximum atomic E-state index is 8.64. The van der Waals surface area contributed by atoms with Crippen molar-refractivity contribution in [2.45, 2.75) is 39.3 Å². The molecule has 0 saturated heterocycles. The van der Waals surface area contributed by atoms with E-state index in [-0.39, 0.29) is 18.2 Å². The van der Waals surface area contributed by atoms with Gasteiger partial charge in [-0.3, -0.25) is 0 Å². The maximum Gasteiger partial charge on any atom is 0.0582 e. The molecule has 0 aliphatic rings. The highest BCUT2D eigenvalue weighted by Gasteiger charge is 2.11. The molecule has 0 unspecified atom stereocenters. The molecule has 0 amide bonds. The van der Waals surface area contributed by atoms with Crippen LogP contribution in [0.15, 0.2) is 0 Å². The average Bonchev–Trinajstić information content (AvgIpc) is 1.62. The summed E-state index contributed by atoms with van der Waals surface area (Å²) in [7, 11) is 0. The summed E-state index contributed by atoms with van der Waals surface area (Å²) in [5.74, 6) is 0. The maximum absolute atomic E-state index is 8.64. The summed E-state index contributed by atoms with van der Waals surface area (Å²) in [6.07, 6.45) is 0. The topological polar surface area (TPSA) is 32.3 Å². The minimum Gasteiger partial charge on any atom is -0.395 e. The van der Waals surface area contributed by atoms with Gasteiger partial charge in [-0.2, -0.15) is 0 Å². The molecule has 0 aromatic rings. The van der Waals surface area contributed by atoms with Crippen molar-refractivity contribution in [2.75, 3.05) is 6.61 Å². The smallest absolute Gasteiger partial charge is 0.0582 e. The fourth-order valence-electron chi connectivity index (χ4n) is 0.785. The molecule has 0 aliphatic heterocycles. The molecule has 56 valence electrons. The zero-order valence-electron chi connectivity index (χ0n) is 6.73. The summed E-state index contributed by atoms with van der Waals surface area (Å²) in [4.78, 5) is 0. The Labute approximate surface area is 57.3 Å². The Morgan fingerprint density at radius 3 is 2.00 bits per heavy atom. The lowest BCUT2D eigenvalue weighted by atomic mass is 10.1. The highest BCUT2D eigenvalue weighted by atomic mass is 16.3. The highest BCUT2D eigenvalue weighted by molar-refractivity contribution is 4.74. The van der Waals surface area contributed by atoms with Crippen molar-refractivity contribution in [2.24, 2.45) is 0 Å². The lowest BCUT2D eigenvalue weighted by Gasteiger charge is -2.24. The molecule has 0 rings (SSSR count). The van der Waals surface area contributed by atoms with Crippen molar-refractivity contribution in [3.05, 3.63) is 0 Å². The number of aliphatic hydroxyl groups excluding tert-OH is 1. The Hall–Kier alpha value is -0.0800. The third-order valence-corrected chi connectivity index (χ3v) is 0.953. The SMILES string of the molecule is C[C@H](CO)NC(C)(C)C. The van der Waals surface area contributed by atoms with E-state index in [4.69, 9.17) is 5.11 Å². The van der Waals surface area contributed by atoms with Crippen LogP contribution in [-0.4, -0.2) is 23.3 Å². The molecule has 1 atom stereocenters. The standard InChI is InChI=1S/C7H17NO/c1-6(5-9)8-7(2,3)4/h6,8-9H,5H2,1-4H3/t6-/m1/s1. The lowest BCUT2D eigenvalue weighted by Crippen LogP contribution is -2.43. The zero-order valence-corrected chi connectivity index (χ0v) is 6.73. The summed E-state index contributed by atoms with van der Waals surface area (Å²) < 4.78 is 0. The van der Waals surface area contributed by atoms with Gasteiger partial charge in [0, 0.05) is 11.6 Å². The first-order valence-corrected chi connectivity index (χ1v) is 3.34. The highest BCUT2D eigenvalue weighted by Crippen LogP contribution is 1.99. The van der Waals surface area contributed by atoms with Gasteiger partial charge in [0.2, 0.25) is 0 Å². The van der Waals surface area contributed by atoms with Crippen molar-refractivity contribution in [3.63, 3.8) is 0 Å². The van der Waals surface area contributed by atoms with Gasteiger partial charge in [0.25, 0.3) is 0 Å². The Kier molecular flexibility index (Phi) is 3.15. The van der Waals surface area contributed by atoms with Gasteiger partial charge < -0.3 is 10.4 Å². The van der Waals surface area contributed by atoms with Crippen molar-refractivity contribution in [1.29, 1.82) is 0 Å². The number of hydrogen-bond donors (Lipinski definition) is 2. The van der Waals surface area contributed by atoms with Crippen molar-refractivity contribution in [3.8, 4) is 0 Å². The van der Waals surface area contributed by atoms with E-state index in [0.717, 1.165) is 0 Å². The summed E-state index contributed by atoms with van der Waals surface area (Å²) in [6.45, 7) is 8.42. The van der Waals surface area contributed by atoms with Gasteiger partial charge in [0.1, 0.15) is 0 Å². The van der Waals surface area contributed by atoms with Crippen LogP contribution >= 0.6 is 0 Å². The molecule has 0 spiro atoms. The minimum absolute atomic E-state index is 0.113. The van der Waals surface area contributed by atoms with Crippen LogP contribution in [0.1, 0.15) is 27.7 Å². The van der Waals surface area contributed by atoms with Crippen LogP contribution in [0.4, 0.5) is 0 Å². The average molecular weight is 131 g/mol. The summed E-state index contributed by atoms with van der Waals surface area (Å²) in [5, 5.41) is 11.9. The molecule has 0 bridgehead atoms. The van der Waals surface area contributed by atoms with E-state index in [1.54, 1.807) is 0 Å². The Morgan fingerprint density at radius 2 is 1.89 bits per heavy atom. The van der Waals surface area contributed by atoms with Crippen LogP contribution in [0.2, 0.25) is 0 Å². The molecule has 2 N–H and O–H groups in total.